The highest BCUT2D eigenvalue weighted by molar-refractivity contribution is 9.10. The number of carbonyl (C=O) groups excluding carboxylic acids is 1. The number of fused-ring (bicyclic) bond motifs is 1. The van der Waals surface area contributed by atoms with Crippen molar-refractivity contribution in [3.05, 3.63) is 68.8 Å². The van der Waals surface area contributed by atoms with Gasteiger partial charge in [0, 0.05) is 91.2 Å². The summed E-state index contributed by atoms with van der Waals surface area (Å²) in [5.41, 5.74) is 6.54. The Morgan fingerprint density at radius 1 is 1.08 bits per heavy atom. The zero-order valence-corrected chi connectivity index (χ0v) is 23.7. The molecule has 1 saturated heterocycles. The smallest absolute Gasteiger partial charge is 0.219 e. The molecule has 3 aromatic rings. The molecule has 0 bridgehead atoms. The molecule has 0 saturated carbocycles. The Balaban J connectivity index is 1.27. The molecule has 1 amide bonds. The van der Waals surface area contributed by atoms with Gasteiger partial charge in [-0.1, -0.05) is 45.7 Å². The third-order valence-corrected chi connectivity index (χ3v) is 8.20. The quantitative estimate of drug-likeness (QED) is 0.465. The predicted octanol–water partition coefficient (Wildman–Crippen LogP) is 4.36. The van der Waals surface area contributed by atoms with Crippen molar-refractivity contribution in [2.24, 2.45) is 0 Å². The molecule has 196 valence electrons. The Kier molecular flexibility index (Phi) is 7.91. The van der Waals surface area contributed by atoms with Crippen LogP contribution in [0, 0.1) is 6.92 Å². The van der Waals surface area contributed by atoms with Gasteiger partial charge in [0.2, 0.25) is 5.91 Å². The first-order valence-corrected chi connectivity index (χ1v) is 14.0. The van der Waals surface area contributed by atoms with Crippen molar-refractivity contribution in [2.75, 3.05) is 44.2 Å². The van der Waals surface area contributed by atoms with Gasteiger partial charge >= 0.3 is 0 Å². The number of aliphatic hydroxyl groups excluding tert-OH is 1. The molecule has 37 heavy (non-hydrogen) atoms. The highest BCUT2D eigenvalue weighted by Crippen LogP contribution is 2.31. The third-order valence-electron chi connectivity index (χ3n) is 7.43. The number of aromatic nitrogens is 2. The van der Waals surface area contributed by atoms with Crippen molar-refractivity contribution in [1.82, 2.24) is 19.6 Å². The lowest BCUT2D eigenvalue weighted by Crippen LogP contribution is -2.49. The van der Waals surface area contributed by atoms with Crippen molar-refractivity contribution < 1.29 is 9.90 Å². The first-order chi connectivity index (χ1) is 17.8. The standard InChI is InChI=1S/C28H33BrClN5O2/c1-19-3-8-23(30)15-27(19)33-13-11-32(12-14-33)16-24(37)17-35-26-9-10-34(20(2)36)18-25(26)28(31-35)21-4-6-22(29)7-5-21/h3-8,15,24,37H,9-14,16-18H2,1-2H3/t24-/m1/s1. The van der Waals surface area contributed by atoms with E-state index in [2.05, 4.69) is 38.7 Å². The molecular weight excluding hydrogens is 554 g/mol. The van der Waals surface area contributed by atoms with Gasteiger partial charge in [-0.2, -0.15) is 5.10 Å². The lowest BCUT2D eigenvalue weighted by atomic mass is 10.0. The monoisotopic (exact) mass is 585 g/mol. The van der Waals surface area contributed by atoms with Crippen LogP contribution in [0.1, 0.15) is 23.7 Å². The summed E-state index contributed by atoms with van der Waals surface area (Å²) in [5.74, 6) is 0.0762. The molecule has 1 atom stereocenters. The van der Waals surface area contributed by atoms with Crippen LogP contribution in [-0.4, -0.2) is 76.0 Å². The summed E-state index contributed by atoms with van der Waals surface area (Å²) in [6, 6.07) is 14.1. The minimum Gasteiger partial charge on any atom is -0.390 e. The average Bonchev–Trinajstić information content (AvgIpc) is 3.24. The van der Waals surface area contributed by atoms with E-state index in [1.165, 1.54) is 11.3 Å². The van der Waals surface area contributed by atoms with Gasteiger partial charge in [0.05, 0.1) is 18.3 Å². The molecule has 2 aliphatic rings. The number of hydrogen-bond acceptors (Lipinski definition) is 5. The molecule has 7 nitrogen and oxygen atoms in total. The molecule has 2 aromatic carbocycles. The topological polar surface area (TPSA) is 64.8 Å². The summed E-state index contributed by atoms with van der Waals surface area (Å²) in [6.07, 6.45) is 0.204. The minimum atomic E-state index is -0.535. The fraction of sp³-hybridized carbons (Fsp3) is 0.429. The van der Waals surface area contributed by atoms with E-state index >= 15 is 0 Å². The molecule has 0 spiro atoms. The van der Waals surface area contributed by atoms with Crippen molar-refractivity contribution in [1.29, 1.82) is 0 Å². The molecule has 1 N–H and O–H groups in total. The van der Waals surface area contributed by atoms with Gasteiger partial charge in [0.15, 0.2) is 0 Å². The lowest BCUT2D eigenvalue weighted by molar-refractivity contribution is -0.129. The number of carbonyl (C=O) groups is 1. The fourth-order valence-corrected chi connectivity index (χ4v) is 5.83. The van der Waals surface area contributed by atoms with Crippen LogP contribution >= 0.6 is 27.5 Å². The second kappa shape index (κ2) is 11.2. The second-order valence-corrected chi connectivity index (χ2v) is 11.4. The number of anilines is 1. The number of aliphatic hydroxyl groups is 1. The van der Waals surface area contributed by atoms with Crippen LogP contribution in [0.2, 0.25) is 5.02 Å². The van der Waals surface area contributed by atoms with Crippen LogP contribution in [0.5, 0.6) is 0 Å². The maximum atomic E-state index is 12.1. The molecule has 0 aliphatic carbocycles. The van der Waals surface area contributed by atoms with E-state index in [0.29, 0.717) is 26.2 Å². The molecule has 0 unspecified atom stereocenters. The SMILES string of the molecule is CC(=O)N1CCc2c(c(-c3ccc(Br)cc3)nn2C[C@H](O)CN2CCN(c3cc(Cl)ccc3C)CC2)C1. The minimum absolute atomic E-state index is 0.0762. The zero-order chi connectivity index (χ0) is 26.1. The zero-order valence-electron chi connectivity index (χ0n) is 21.3. The van der Waals surface area contributed by atoms with E-state index in [0.717, 1.165) is 64.6 Å². The highest BCUT2D eigenvalue weighted by Gasteiger charge is 2.28. The second-order valence-electron chi connectivity index (χ2n) is 10.0. The number of halogens is 2. The lowest BCUT2D eigenvalue weighted by Gasteiger charge is -2.37. The Labute approximate surface area is 231 Å². The molecule has 1 fully saturated rings. The number of aryl methyl sites for hydroxylation is 1. The molecule has 2 aliphatic heterocycles. The third kappa shape index (κ3) is 5.87. The van der Waals surface area contributed by atoms with Crippen molar-refractivity contribution in [2.45, 2.75) is 39.5 Å². The van der Waals surface area contributed by atoms with Crippen LogP contribution in [0.15, 0.2) is 46.9 Å². The van der Waals surface area contributed by atoms with Gasteiger partial charge in [0.25, 0.3) is 0 Å². The maximum Gasteiger partial charge on any atom is 0.219 e. The first kappa shape index (κ1) is 26.2. The average molecular weight is 587 g/mol. The summed E-state index contributed by atoms with van der Waals surface area (Å²) in [4.78, 5) is 18.7. The van der Waals surface area contributed by atoms with E-state index in [1.54, 1.807) is 6.92 Å². The number of hydrogen-bond donors (Lipinski definition) is 1. The molecule has 1 aromatic heterocycles. The van der Waals surface area contributed by atoms with E-state index in [4.69, 9.17) is 16.7 Å². The summed E-state index contributed by atoms with van der Waals surface area (Å²) in [5, 5.41) is 16.8. The summed E-state index contributed by atoms with van der Waals surface area (Å²) >= 11 is 9.74. The van der Waals surface area contributed by atoms with E-state index < -0.39 is 6.10 Å². The van der Waals surface area contributed by atoms with E-state index in [-0.39, 0.29) is 5.91 Å². The summed E-state index contributed by atoms with van der Waals surface area (Å²) in [6.45, 7) is 9.58. The van der Waals surface area contributed by atoms with E-state index in [1.807, 2.05) is 46.0 Å². The Bertz CT molecular complexity index is 1270. The fourth-order valence-electron chi connectivity index (χ4n) is 5.40. The van der Waals surface area contributed by atoms with E-state index in [9.17, 15) is 9.90 Å². The number of β-amino-alcohol motifs (C(OH)–C–C–N with tert-alkyl or cyclic N) is 1. The van der Waals surface area contributed by atoms with Crippen LogP contribution in [0.3, 0.4) is 0 Å². The molecule has 3 heterocycles. The van der Waals surface area contributed by atoms with Crippen LogP contribution in [0.25, 0.3) is 11.3 Å². The number of rotatable bonds is 6. The number of benzene rings is 2. The van der Waals surface area contributed by atoms with Crippen LogP contribution in [-0.2, 0) is 24.3 Å². The summed E-state index contributed by atoms with van der Waals surface area (Å²) < 4.78 is 2.98. The Morgan fingerprint density at radius 2 is 1.81 bits per heavy atom. The molecule has 9 heteroatoms. The number of nitrogens with zero attached hydrogens (tertiary/aromatic N) is 5. The van der Waals surface area contributed by atoms with Gasteiger partial charge in [-0.05, 0) is 36.8 Å². The largest absolute Gasteiger partial charge is 0.390 e. The summed E-state index contributed by atoms with van der Waals surface area (Å²) in [7, 11) is 0. The highest BCUT2D eigenvalue weighted by atomic mass is 79.9. The van der Waals surface area contributed by atoms with Gasteiger partial charge < -0.3 is 14.9 Å². The van der Waals surface area contributed by atoms with Crippen molar-refractivity contribution in [3.8, 4) is 11.3 Å². The van der Waals surface area contributed by atoms with Gasteiger partial charge in [-0.15, -0.1) is 0 Å². The first-order valence-electron chi connectivity index (χ1n) is 12.8. The maximum absolute atomic E-state index is 12.1. The Hall–Kier alpha value is -2.39. The molecule has 5 rings (SSSR count). The normalized spacial score (nSPS) is 17.1. The number of piperazine rings is 1. The van der Waals surface area contributed by atoms with Gasteiger partial charge in [-0.25, -0.2) is 0 Å². The molecular formula is C28H33BrClN5O2. The Morgan fingerprint density at radius 3 is 2.51 bits per heavy atom. The van der Waals surface area contributed by atoms with Crippen LogP contribution in [0.4, 0.5) is 5.69 Å². The molecule has 0 radical (unpaired) electrons. The van der Waals surface area contributed by atoms with Crippen LogP contribution < -0.4 is 4.90 Å². The van der Waals surface area contributed by atoms with Crippen molar-refractivity contribution in [3.63, 3.8) is 0 Å². The van der Waals surface area contributed by atoms with Gasteiger partial charge in [0.1, 0.15) is 0 Å². The van der Waals surface area contributed by atoms with Gasteiger partial charge in [-0.3, -0.25) is 14.4 Å². The van der Waals surface area contributed by atoms with Crippen molar-refractivity contribution >= 4 is 39.1 Å². The predicted molar refractivity (Wildman–Crippen MR) is 151 cm³/mol. The number of amides is 1.